The first-order valence-electron chi connectivity index (χ1n) is 6.74. The maximum atomic E-state index is 5.99. The molecule has 3 nitrogen and oxygen atoms in total. The van der Waals surface area contributed by atoms with Gasteiger partial charge in [0, 0.05) is 12.1 Å². The lowest BCUT2D eigenvalue weighted by atomic mass is 10.1. The molecule has 1 saturated heterocycles. The molecule has 1 aliphatic heterocycles. The van der Waals surface area contributed by atoms with Crippen molar-refractivity contribution in [3.05, 3.63) is 28.2 Å². The van der Waals surface area contributed by atoms with Gasteiger partial charge in [0.15, 0.2) is 0 Å². The molecule has 0 radical (unpaired) electrons. The average molecular weight is 328 g/mol. The Hall–Kier alpha value is -0.580. The minimum atomic E-state index is -0.00422. The van der Waals surface area contributed by atoms with Crippen LogP contribution in [0.1, 0.15) is 32.3 Å². The van der Waals surface area contributed by atoms with Gasteiger partial charge >= 0.3 is 0 Å². The topological polar surface area (TPSA) is 30.5 Å². The van der Waals surface area contributed by atoms with E-state index in [0.29, 0.717) is 6.61 Å². The van der Waals surface area contributed by atoms with E-state index in [1.165, 1.54) is 0 Å². The highest BCUT2D eigenvalue weighted by molar-refractivity contribution is 9.10. The number of benzene rings is 1. The molecule has 4 heteroatoms. The molecule has 1 aromatic rings. The number of nitrogens with one attached hydrogen (secondary N) is 1. The first-order valence-corrected chi connectivity index (χ1v) is 7.54. The van der Waals surface area contributed by atoms with E-state index in [2.05, 4.69) is 41.2 Å². The lowest BCUT2D eigenvalue weighted by Crippen LogP contribution is -2.24. The summed E-state index contributed by atoms with van der Waals surface area (Å²) in [6.45, 7) is 5.68. The molecule has 1 fully saturated rings. The van der Waals surface area contributed by atoms with Gasteiger partial charge in [-0.1, -0.05) is 12.1 Å². The predicted octanol–water partition coefficient (Wildman–Crippen LogP) is 3.50. The highest BCUT2D eigenvalue weighted by Gasteiger charge is 2.32. The zero-order valence-electron chi connectivity index (χ0n) is 11.8. The first kappa shape index (κ1) is 14.8. The van der Waals surface area contributed by atoms with Gasteiger partial charge in [-0.05, 0) is 55.7 Å². The predicted molar refractivity (Wildman–Crippen MR) is 80.6 cm³/mol. The summed E-state index contributed by atoms with van der Waals surface area (Å²) in [7, 11) is 1.94. The molecule has 1 aromatic carbocycles. The smallest absolute Gasteiger partial charge is 0.138 e. The van der Waals surface area contributed by atoms with Crippen molar-refractivity contribution >= 4 is 15.9 Å². The fraction of sp³-hybridized carbons (Fsp3) is 0.600. The fourth-order valence-electron chi connectivity index (χ4n) is 2.42. The van der Waals surface area contributed by atoms with E-state index >= 15 is 0 Å². The molecule has 0 spiro atoms. The van der Waals surface area contributed by atoms with E-state index < -0.39 is 0 Å². The minimum absolute atomic E-state index is 0.00422. The van der Waals surface area contributed by atoms with Gasteiger partial charge < -0.3 is 14.8 Å². The van der Waals surface area contributed by atoms with E-state index in [9.17, 15) is 0 Å². The van der Waals surface area contributed by atoms with Crippen LogP contribution in [0.25, 0.3) is 0 Å². The van der Waals surface area contributed by atoms with Crippen LogP contribution in [0.3, 0.4) is 0 Å². The Balaban J connectivity index is 1.99. The lowest BCUT2D eigenvalue weighted by Gasteiger charge is -2.20. The molecule has 0 aliphatic carbocycles. The van der Waals surface area contributed by atoms with Gasteiger partial charge in [0.2, 0.25) is 0 Å². The Labute approximate surface area is 123 Å². The molecule has 106 valence electrons. The maximum Gasteiger partial charge on any atom is 0.138 e. The highest BCUT2D eigenvalue weighted by Crippen LogP contribution is 2.32. The molecular weight excluding hydrogens is 306 g/mol. The average Bonchev–Trinajstić information content (AvgIpc) is 2.69. The minimum Gasteiger partial charge on any atom is -0.489 e. The van der Waals surface area contributed by atoms with Gasteiger partial charge in [0.05, 0.1) is 16.2 Å². The van der Waals surface area contributed by atoms with E-state index in [0.717, 1.165) is 35.2 Å². The number of hydrogen-bond donors (Lipinski definition) is 1. The van der Waals surface area contributed by atoms with Crippen molar-refractivity contribution in [3.8, 4) is 5.75 Å². The second kappa shape index (κ2) is 6.25. The van der Waals surface area contributed by atoms with Gasteiger partial charge in [0.25, 0.3) is 0 Å². The monoisotopic (exact) mass is 327 g/mol. The van der Waals surface area contributed by atoms with Crippen LogP contribution in [-0.4, -0.2) is 25.4 Å². The van der Waals surface area contributed by atoms with E-state index in [4.69, 9.17) is 9.47 Å². The second-order valence-corrected chi connectivity index (χ2v) is 6.46. The van der Waals surface area contributed by atoms with Gasteiger partial charge in [0.1, 0.15) is 12.4 Å². The van der Waals surface area contributed by atoms with Crippen LogP contribution in [-0.2, 0) is 11.3 Å². The molecule has 1 atom stereocenters. The van der Waals surface area contributed by atoms with E-state index in [1.54, 1.807) is 0 Å². The first-order chi connectivity index (χ1) is 9.02. The second-order valence-electron chi connectivity index (χ2n) is 5.61. The third-order valence-corrected chi connectivity index (χ3v) is 4.01. The van der Waals surface area contributed by atoms with Crippen molar-refractivity contribution < 1.29 is 9.47 Å². The molecule has 1 N–H and O–H groups in total. The van der Waals surface area contributed by atoms with Crippen LogP contribution in [0.5, 0.6) is 5.75 Å². The highest BCUT2D eigenvalue weighted by atomic mass is 79.9. The van der Waals surface area contributed by atoms with Gasteiger partial charge in [-0.3, -0.25) is 0 Å². The molecule has 0 bridgehead atoms. The van der Waals surface area contributed by atoms with Crippen molar-refractivity contribution in [3.63, 3.8) is 0 Å². The van der Waals surface area contributed by atoms with E-state index in [1.807, 2.05) is 19.2 Å². The number of hydrogen-bond acceptors (Lipinski definition) is 3. The van der Waals surface area contributed by atoms with Crippen molar-refractivity contribution in [1.29, 1.82) is 0 Å². The lowest BCUT2D eigenvalue weighted by molar-refractivity contribution is -0.0328. The Morgan fingerprint density at radius 2 is 2.26 bits per heavy atom. The van der Waals surface area contributed by atoms with Crippen LogP contribution in [0.15, 0.2) is 22.7 Å². The molecule has 19 heavy (non-hydrogen) atoms. The standard InChI is InChI=1S/C15H22BrNO2/c1-15(2)8-7-12(19-15)10-18-14-11(9-17-3)5-4-6-13(14)16/h4-6,12,17H,7-10H2,1-3H3. The quantitative estimate of drug-likeness (QED) is 0.897. The largest absolute Gasteiger partial charge is 0.489 e. The summed E-state index contributed by atoms with van der Waals surface area (Å²) in [4.78, 5) is 0. The Morgan fingerprint density at radius 1 is 1.47 bits per heavy atom. The molecule has 0 aromatic heterocycles. The van der Waals surface area contributed by atoms with Gasteiger partial charge in [-0.2, -0.15) is 0 Å². The molecular formula is C15H22BrNO2. The summed E-state index contributed by atoms with van der Waals surface area (Å²) in [6, 6.07) is 6.11. The molecule has 2 rings (SSSR count). The number of ether oxygens (including phenoxy) is 2. The third kappa shape index (κ3) is 3.94. The van der Waals surface area contributed by atoms with Crippen LogP contribution in [0, 0.1) is 0 Å². The summed E-state index contributed by atoms with van der Waals surface area (Å²) in [5.41, 5.74) is 1.16. The number of rotatable bonds is 5. The van der Waals surface area contributed by atoms with Crippen LogP contribution < -0.4 is 10.1 Å². The molecule has 1 unspecified atom stereocenters. The fourth-order valence-corrected chi connectivity index (χ4v) is 2.94. The normalized spacial score (nSPS) is 21.6. The van der Waals surface area contributed by atoms with Crippen molar-refractivity contribution in [2.45, 2.75) is 44.9 Å². The van der Waals surface area contributed by atoms with Crippen molar-refractivity contribution in [2.75, 3.05) is 13.7 Å². The zero-order valence-corrected chi connectivity index (χ0v) is 13.4. The van der Waals surface area contributed by atoms with Crippen molar-refractivity contribution in [1.82, 2.24) is 5.32 Å². The van der Waals surface area contributed by atoms with Gasteiger partial charge in [-0.15, -0.1) is 0 Å². The van der Waals surface area contributed by atoms with Crippen LogP contribution >= 0.6 is 15.9 Å². The Bertz CT molecular complexity index is 434. The van der Waals surface area contributed by atoms with Crippen molar-refractivity contribution in [2.24, 2.45) is 0 Å². The summed E-state index contributed by atoms with van der Waals surface area (Å²) in [5.74, 6) is 0.921. The van der Waals surface area contributed by atoms with Gasteiger partial charge in [-0.25, -0.2) is 0 Å². The summed E-state index contributed by atoms with van der Waals surface area (Å²) >= 11 is 3.56. The third-order valence-electron chi connectivity index (χ3n) is 3.38. The van der Waals surface area contributed by atoms with E-state index in [-0.39, 0.29) is 11.7 Å². The summed E-state index contributed by atoms with van der Waals surface area (Å²) < 4.78 is 12.9. The molecule has 0 saturated carbocycles. The Morgan fingerprint density at radius 3 is 2.89 bits per heavy atom. The molecule has 0 amide bonds. The number of halogens is 1. The SMILES string of the molecule is CNCc1cccc(Br)c1OCC1CCC(C)(C)O1. The number of para-hydroxylation sites is 1. The summed E-state index contributed by atoms with van der Waals surface area (Å²) in [6.07, 6.45) is 2.36. The van der Waals surface area contributed by atoms with Crippen LogP contribution in [0.2, 0.25) is 0 Å². The molecule has 1 heterocycles. The zero-order chi connectivity index (χ0) is 13.9. The molecule has 1 aliphatic rings. The summed E-state index contributed by atoms with van der Waals surface area (Å²) in [5, 5.41) is 3.16. The Kier molecular flexibility index (Phi) is 4.87. The maximum absolute atomic E-state index is 5.99. The van der Waals surface area contributed by atoms with Crippen LogP contribution in [0.4, 0.5) is 0 Å².